The van der Waals surface area contributed by atoms with E-state index in [-0.39, 0.29) is 5.91 Å². The molecule has 144 valence electrons. The minimum atomic E-state index is -0.0906. The third kappa shape index (κ3) is 4.00. The van der Waals surface area contributed by atoms with Crippen LogP contribution < -0.4 is 4.90 Å². The SMILES string of the molecule is CCn1nc(C)cc1C(=O)N(CCN(C)C)c1nc2c(C)ccc(Cl)c2s1. The van der Waals surface area contributed by atoms with Crippen LogP contribution in [0.1, 0.15) is 28.7 Å². The van der Waals surface area contributed by atoms with Gasteiger partial charge in [-0.15, -0.1) is 0 Å². The number of hydrogen-bond donors (Lipinski definition) is 0. The Hall–Kier alpha value is -1.96. The molecule has 0 aliphatic carbocycles. The maximum atomic E-state index is 13.4. The number of carbonyl (C=O) groups is 1. The molecule has 0 fully saturated rings. The predicted molar refractivity (Wildman–Crippen MR) is 112 cm³/mol. The van der Waals surface area contributed by atoms with Gasteiger partial charge < -0.3 is 4.90 Å². The Kier molecular flexibility index (Phi) is 5.83. The number of aromatic nitrogens is 3. The molecule has 0 unspecified atom stereocenters. The van der Waals surface area contributed by atoms with E-state index in [0.717, 1.165) is 28.0 Å². The predicted octanol–water partition coefficient (Wildman–Crippen LogP) is 3.99. The molecule has 1 amide bonds. The third-order valence-electron chi connectivity index (χ3n) is 4.35. The number of amides is 1. The zero-order valence-corrected chi connectivity index (χ0v) is 17.9. The van der Waals surface area contributed by atoms with Crippen molar-refractivity contribution >= 4 is 44.2 Å². The molecule has 0 saturated carbocycles. The highest BCUT2D eigenvalue weighted by molar-refractivity contribution is 7.23. The molecule has 0 aliphatic heterocycles. The van der Waals surface area contributed by atoms with Crippen LogP contribution >= 0.6 is 22.9 Å². The number of carbonyl (C=O) groups excluding carboxylic acids is 1. The van der Waals surface area contributed by atoms with E-state index in [1.54, 1.807) is 9.58 Å². The summed E-state index contributed by atoms with van der Waals surface area (Å²) in [6.45, 7) is 7.79. The van der Waals surface area contributed by atoms with Crippen molar-refractivity contribution in [1.29, 1.82) is 0 Å². The van der Waals surface area contributed by atoms with Crippen LogP contribution in [0, 0.1) is 13.8 Å². The molecule has 0 bridgehead atoms. The molecule has 3 rings (SSSR count). The van der Waals surface area contributed by atoms with Gasteiger partial charge >= 0.3 is 0 Å². The van der Waals surface area contributed by atoms with Gasteiger partial charge in [0.25, 0.3) is 5.91 Å². The molecule has 2 heterocycles. The number of benzene rings is 1. The van der Waals surface area contributed by atoms with Gasteiger partial charge in [0.2, 0.25) is 0 Å². The first-order chi connectivity index (χ1) is 12.8. The summed E-state index contributed by atoms with van der Waals surface area (Å²) in [6, 6.07) is 5.67. The number of rotatable bonds is 6. The van der Waals surface area contributed by atoms with Crippen molar-refractivity contribution in [2.45, 2.75) is 27.3 Å². The number of nitrogens with zero attached hydrogens (tertiary/aromatic N) is 5. The number of anilines is 1. The molecular weight excluding hydrogens is 382 g/mol. The van der Waals surface area contributed by atoms with E-state index < -0.39 is 0 Å². The number of fused-ring (bicyclic) bond motifs is 1. The molecule has 0 spiro atoms. The normalized spacial score (nSPS) is 11.5. The summed E-state index contributed by atoms with van der Waals surface area (Å²) in [4.78, 5) is 21.9. The molecule has 27 heavy (non-hydrogen) atoms. The summed E-state index contributed by atoms with van der Waals surface area (Å²) in [6.07, 6.45) is 0. The fourth-order valence-corrected chi connectivity index (χ4v) is 4.23. The third-order valence-corrected chi connectivity index (χ3v) is 5.89. The fraction of sp³-hybridized carbons (Fsp3) is 0.421. The first-order valence-corrected chi connectivity index (χ1v) is 10.1. The second-order valence-corrected chi connectivity index (χ2v) is 8.17. The number of aryl methyl sites for hydroxylation is 3. The summed E-state index contributed by atoms with van der Waals surface area (Å²) in [5, 5.41) is 5.74. The lowest BCUT2D eigenvalue weighted by molar-refractivity contribution is 0.0975. The Morgan fingerprint density at radius 2 is 2.00 bits per heavy atom. The molecule has 8 heteroatoms. The topological polar surface area (TPSA) is 54.3 Å². The molecular formula is C19H24ClN5OS. The lowest BCUT2D eigenvalue weighted by Crippen LogP contribution is -2.37. The van der Waals surface area contributed by atoms with Crippen LogP contribution in [-0.2, 0) is 6.54 Å². The quantitative estimate of drug-likeness (QED) is 0.622. The number of thiazole rings is 1. The molecule has 0 atom stereocenters. The van der Waals surface area contributed by atoms with Crippen LogP contribution in [0.25, 0.3) is 10.2 Å². The maximum absolute atomic E-state index is 13.4. The first kappa shape index (κ1) is 19.8. The molecule has 0 radical (unpaired) electrons. The van der Waals surface area contributed by atoms with Gasteiger partial charge in [-0.2, -0.15) is 5.10 Å². The Labute approximate surface area is 168 Å². The number of hydrogen-bond acceptors (Lipinski definition) is 5. The van der Waals surface area contributed by atoms with Gasteiger partial charge in [0.15, 0.2) is 5.13 Å². The Morgan fingerprint density at radius 3 is 2.63 bits per heavy atom. The van der Waals surface area contributed by atoms with Crippen LogP contribution in [0.15, 0.2) is 18.2 Å². The zero-order valence-electron chi connectivity index (χ0n) is 16.3. The average molecular weight is 406 g/mol. The van der Waals surface area contributed by atoms with Gasteiger partial charge in [0.05, 0.1) is 20.9 Å². The van der Waals surface area contributed by atoms with Crippen molar-refractivity contribution in [3.8, 4) is 0 Å². The highest BCUT2D eigenvalue weighted by atomic mass is 35.5. The summed E-state index contributed by atoms with van der Waals surface area (Å²) >= 11 is 7.82. The van der Waals surface area contributed by atoms with E-state index in [0.29, 0.717) is 28.9 Å². The standard InChI is InChI=1S/C19H24ClN5OS/c1-6-25-15(11-13(3)22-25)18(26)24(10-9-23(4)5)19-21-16-12(2)7-8-14(20)17(16)27-19/h7-8,11H,6,9-10H2,1-5H3. The van der Waals surface area contributed by atoms with Crippen molar-refractivity contribution in [2.75, 3.05) is 32.1 Å². The molecule has 3 aromatic rings. The minimum Gasteiger partial charge on any atom is -0.308 e. The number of likely N-dealkylation sites (N-methyl/N-ethyl adjacent to an activating group) is 1. The number of halogens is 1. The van der Waals surface area contributed by atoms with Gasteiger partial charge in [0.1, 0.15) is 5.69 Å². The first-order valence-electron chi connectivity index (χ1n) is 8.88. The van der Waals surface area contributed by atoms with Gasteiger partial charge in [-0.05, 0) is 52.6 Å². The van der Waals surface area contributed by atoms with E-state index in [1.165, 1.54) is 11.3 Å². The zero-order chi connectivity index (χ0) is 19.7. The van der Waals surface area contributed by atoms with Crippen LogP contribution in [0.4, 0.5) is 5.13 Å². The van der Waals surface area contributed by atoms with Crippen LogP contribution in [0.3, 0.4) is 0 Å². The van der Waals surface area contributed by atoms with E-state index in [2.05, 4.69) is 5.10 Å². The molecule has 1 aromatic carbocycles. The van der Waals surface area contributed by atoms with Gasteiger partial charge in [-0.25, -0.2) is 4.98 Å². The van der Waals surface area contributed by atoms with Crippen molar-refractivity contribution in [1.82, 2.24) is 19.7 Å². The Morgan fingerprint density at radius 1 is 1.26 bits per heavy atom. The highest BCUT2D eigenvalue weighted by Gasteiger charge is 2.25. The van der Waals surface area contributed by atoms with Crippen molar-refractivity contribution < 1.29 is 4.79 Å². The highest BCUT2D eigenvalue weighted by Crippen LogP contribution is 2.36. The summed E-state index contributed by atoms with van der Waals surface area (Å²) in [5.74, 6) is -0.0906. The lowest BCUT2D eigenvalue weighted by atomic mass is 10.2. The second-order valence-electron chi connectivity index (χ2n) is 6.79. The second kappa shape index (κ2) is 7.96. The molecule has 2 aromatic heterocycles. The van der Waals surface area contributed by atoms with Gasteiger partial charge in [-0.1, -0.05) is 29.0 Å². The molecule has 0 aliphatic rings. The van der Waals surface area contributed by atoms with E-state index in [9.17, 15) is 4.79 Å². The summed E-state index contributed by atoms with van der Waals surface area (Å²) < 4.78 is 2.65. The van der Waals surface area contributed by atoms with E-state index in [4.69, 9.17) is 16.6 Å². The smallest absolute Gasteiger partial charge is 0.278 e. The van der Waals surface area contributed by atoms with Crippen LogP contribution in [0.5, 0.6) is 0 Å². The summed E-state index contributed by atoms with van der Waals surface area (Å²) in [7, 11) is 3.98. The monoisotopic (exact) mass is 405 g/mol. The fourth-order valence-electron chi connectivity index (χ4n) is 2.89. The van der Waals surface area contributed by atoms with Gasteiger partial charge in [-0.3, -0.25) is 14.4 Å². The van der Waals surface area contributed by atoms with E-state index >= 15 is 0 Å². The lowest BCUT2D eigenvalue weighted by Gasteiger charge is -2.22. The average Bonchev–Trinajstić information content (AvgIpc) is 3.22. The Bertz CT molecular complexity index is 939. The Balaban J connectivity index is 2.07. The van der Waals surface area contributed by atoms with Crippen LogP contribution in [0.2, 0.25) is 5.02 Å². The van der Waals surface area contributed by atoms with Gasteiger partial charge in [0, 0.05) is 19.6 Å². The minimum absolute atomic E-state index is 0.0906. The van der Waals surface area contributed by atoms with Crippen molar-refractivity contribution in [3.63, 3.8) is 0 Å². The summed E-state index contributed by atoms with van der Waals surface area (Å²) in [5.41, 5.74) is 3.31. The van der Waals surface area contributed by atoms with Crippen LogP contribution in [-0.4, -0.2) is 52.8 Å². The molecule has 6 nitrogen and oxygen atoms in total. The van der Waals surface area contributed by atoms with Crippen molar-refractivity contribution in [3.05, 3.63) is 40.2 Å². The largest absolute Gasteiger partial charge is 0.308 e. The molecule has 0 saturated heterocycles. The van der Waals surface area contributed by atoms with Crippen molar-refractivity contribution in [2.24, 2.45) is 0 Å². The van der Waals surface area contributed by atoms with E-state index in [1.807, 2.05) is 58.0 Å². The molecule has 0 N–H and O–H groups in total. The maximum Gasteiger partial charge on any atom is 0.278 e.